The number of hydrogen-bond acceptors (Lipinski definition) is 4. The Balaban J connectivity index is 2.12. The van der Waals surface area contributed by atoms with Crippen LogP contribution < -0.4 is 10.5 Å². The molecule has 0 aliphatic rings. The fourth-order valence-corrected chi connectivity index (χ4v) is 1.55. The molecule has 0 amide bonds. The van der Waals surface area contributed by atoms with Crippen molar-refractivity contribution in [3.8, 4) is 17.1 Å². The van der Waals surface area contributed by atoms with Gasteiger partial charge in [0.2, 0.25) is 0 Å². The van der Waals surface area contributed by atoms with Gasteiger partial charge in [0, 0.05) is 12.0 Å². The molecular formula is C12H16N4O. The van der Waals surface area contributed by atoms with Gasteiger partial charge in [-0.15, -0.1) is 0 Å². The molecule has 0 aliphatic heterocycles. The highest BCUT2D eigenvalue weighted by molar-refractivity contribution is 5.55. The van der Waals surface area contributed by atoms with Crippen molar-refractivity contribution in [1.29, 1.82) is 0 Å². The van der Waals surface area contributed by atoms with Gasteiger partial charge in [0.05, 0.1) is 7.11 Å². The van der Waals surface area contributed by atoms with Gasteiger partial charge in [-0.3, -0.25) is 5.10 Å². The number of aryl methyl sites for hydroxylation is 1. The summed E-state index contributed by atoms with van der Waals surface area (Å²) in [5, 5.41) is 7.10. The summed E-state index contributed by atoms with van der Waals surface area (Å²) >= 11 is 0. The maximum absolute atomic E-state index is 5.45. The van der Waals surface area contributed by atoms with Gasteiger partial charge in [-0.05, 0) is 37.2 Å². The van der Waals surface area contributed by atoms with E-state index in [1.807, 2.05) is 24.3 Å². The highest BCUT2D eigenvalue weighted by atomic mass is 16.5. The van der Waals surface area contributed by atoms with Crippen LogP contribution in [0.3, 0.4) is 0 Å². The van der Waals surface area contributed by atoms with E-state index in [1.54, 1.807) is 7.11 Å². The number of methoxy groups -OCH3 is 1. The third-order valence-corrected chi connectivity index (χ3v) is 2.50. The maximum Gasteiger partial charge on any atom is 0.181 e. The minimum Gasteiger partial charge on any atom is -0.497 e. The smallest absolute Gasteiger partial charge is 0.181 e. The summed E-state index contributed by atoms with van der Waals surface area (Å²) in [6.07, 6.45) is 1.75. The fourth-order valence-electron chi connectivity index (χ4n) is 1.55. The van der Waals surface area contributed by atoms with Crippen LogP contribution in [0.2, 0.25) is 0 Å². The van der Waals surface area contributed by atoms with Gasteiger partial charge in [0.1, 0.15) is 11.6 Å². The Kier molecular flexibility index (Phi) is 3.72. The van der Waals surface area contributed by atoms with Crippen molar-refractivity contribution < 1.29 is 4.74 Å². The Morgan fingerprint density at radius 3 is 2.71 bits per heavy atom. The molecule has 0 saturated carbocycles. The Morgan fingerprint density at radius 1 is 1.29 bits per heavy atom. The Bertz CT molecular complexity index is 464. The highest BCUT2D eigenvalue weighted by Crippen LogP contribution is 2.18. The third kappa shape index (κ3) is 2.82. The molecule has 0 fully saturated rings. The minimum absolute atomic E-state index is 0.665. The van der Waals surface area contributed by atoms with Gasteiger partial charge in [0.25, 0.3) is 0 Å². The predicted molar refractivity (Wildman–Crippen MR) is 65.7 cm³/mol. The fraction of sp³-hybridized carbons (Fsp3) is 0.333. The van der Waals surface area contributed by atoms with E-state index in [9.17, 15) is 0 Å². The molecule has 0 spiro atoms. The first kappa shape index (κ1) is 11.6. The van der Waals surface area contributed by atoms with Crippen molar-refractivity contribution in [2.24, 2.45) is 5.73 Å². The molecule has 5 heteroatoms. The van der Waals surface area contributed by atoms with E-state index in [0.29, 0.717) is 12.4 Å². The lowest BCUT2D eigenvalue weighted by atomic mass is 10.2. The highest BCUT2D eigenvalue weighted by Gasteiger charge is 2.05. The van der Waals surface area contributed by atoms with Crippen LogP contribution in [-0.2, 0) is 6.42 Å². The Hall–Kier alpha value is -1.88. The van der Waals surface area contributed by atoms with Crippen molar-refractivity contribution >= 4 is 0 Å². The van der Waals surface area contributed by atoms with Crippen LogP contribution in [0.5, 0.6) is 5.75 Å². The first-order valence-electron chi connectivity index (χ1n) is 5.59. The molecule has 3 N–H and O–H groups in total. The van der Waals surface area contributed by atoms with Gasteiger partial charge in [0.15, 0.2) is 5.82 Å². The molecule has 0 unspecified atom stereocenters. The molecule has 0 bridgehead atoms. The number of benzene rings is 1. The number of ether oxygens (including phenoxy) is 1. The van der Waals surface area contributed by atoms with E-state index in [-0.39, 0.29) is 0 Å². The second-order valence-electron chi connectivity index (χ2n) is 3.73. The van der Waals surface area contributed by atoms with Crippen LogP contribution in [0.25, 0.3) is 11.4 Å². The van der Waals surface area contributed by atoms with E-state index < -0.39 is 0 Å². The lowest BCUT2D eigenvalue weighted by Crippen LogP contribution is -2.01. The number of rotatable bonds is 5. The number of nitrogens with one attached hydrogen (secondary N) is 1. The van der Waals surface area contributed by atoms with Crippen molar-refractivity contribution in [2.75, 3.05) is 13.7 Å². The van der Waals surface area contributed by atoms with Crippen LogP contribution >= 0.6 is 0 Å². The predicted octanol–water partition coefficient (Wildman–Crippen LogP) is 1.37. The quantitative estimate of drug-likeness (QED) is 0.816. The molecule has 2 aromatic rings. The van der Waals surface area contributed by atoms with Gasteiger partial charge in [-0.1, -0.05) is 0 Å². The molecular weight excluding hydrogens is 216 g/mol. The van der Waals surface area contributed by atoms with Gasteiger partial charge in [-0.2, -0.15) is 5.10 Å². The van der Waals surface area contributed by atoms with Crippen molar-refractivity contribution in [3.05, 3.63) is 30.1 Å². The normalized spacial score (nSPS) is 10.5. The lowest BCUT2D eigenvalue weighted by Gasteiger charge is -1.99. The summed E-state index contributed by atoms with van der Waals surface area (Å²) in [6, 6.07) is 7.67. The van der Waals surface area contributed by atoms with Crippen molar-refractivity contribution in [1.82, 2.24) is 15.2 Å². The first-order valence-corrected chi connectivity index (χ1v) is 5.59. The van der Waals surface area contributed by atoms with Crippen LogP contribution in [0.15, 0.2) is 24.3 Å². The average Bonchev–Trinajstić information content (AvgIpc) is 2.85. The third-order valence-electron chi connectivity index (χ3n) is 2.50. The zero-order valence-electron chi connectivity index (χ0n) is 9.81. The largest absolute Gasteiger partial charge is 0.497 e. The summed E-state index contributed by atoms with van der Waals surface area (Å²) in [7, 11) is 1.65. The Labute approximate surface area is 100 Å². The summed E-state index contributed by atoms with van der Waals surface area (Å²) in [6.45, 7) is 0.665. The van der Waals surface area contributed by atoms with Crippen LogP contribution in [0, 0.1) is 0 Å². The van der Waals surface area contributed by atoms with E-state index in [0.717, 1.165) is 30.0 Å². The SMILES string of the molecule is COc1ccc(-c2n[nH]c(CCCN)n2)cc1. The van der Waals surface area contributed by atoms with Crippen molar-refractivity contribution in [3.63, 3.8) is 0 Å². The van der Waals surface area contributed by atoms with E-state index in [2.05, 4.69) is 15.2 Å². The lowest BCUT2D eigenvalue weighted by molar-refractivity contribution is 0.415. The summed E-state index contributed by atoms with van der Waals surface area (Å²) in [5.41, 5.74) is 6.42. The van der Waals surface area contributed by atoms with Crippen LogP contribution in [0.1, 0.15) is 12.2 Å². The summed E-state index contributed by atoms with van der Waals surface area (Å²) in [5.74, 6) is 2.41. The zero-order chi connectivity index (χ0) is 12.1. The molecule has 0 aliphatic carbocycles. The molecule has 90 valence electrons. The van der Waals surface area contributed by atoms with E-state index in [4.69, 9.17) is 10.5 Å². The molecule has 1 heterocycles. The number of H-pyrrole nitrogens is 1. The Morgan fingerprint density at radius 2 is 2.06 bits per heavy atom. The maximum atomic E-state index is 5.45. The molecule has 0 radical (unpaired) electrons. The van der Waals surface area contributed by atoms with Crippen molar-refractivity contribution in [2.45, 2.75) is 12.8 Å². The number of aromatic amines is 1. The van der Waals surface area contributed by atoms with Gasteiger partial charge >= 0.3 is 0 Å². The zero-order valence-corrected chi connectivity index (χ0v) is 9.81. The second kappa shape index (κ2) is 5.45. The minimum atomic E-state index is 0.665. The molecule has 1 aromatic heterocycles. The topological polar surface area (TPSA) is 76.8 Å². The van der Waals surface area contributed by atoms with Crippen LogP contribution in [-0.4, -0.2) is 28.8 Å². The van der Waals surface area contributed by atoms with Gasteiger partial charge < -0.3 is 10.5 Å². The molecule has 1 aromatic carbocycles. The van der Waals surface area contributed by atoms with E-state index >= 15 is 0 Å². The molecule has 2 rings (SSSR count). The summed E-state index contributed by atoms with van der Waals surface area (Å²) < 4.78 is 5.10. The first-order chi connectivity index (χ1) is 8.33. The number of nitrogens with two attached hydrogens (primary N) is 1. The standard InChI is InChI=1S/C12H16N4O/c1-17-10-6-4-9(5-7-10)12-14-11(15-16-12)3-2-8-13/h4-7H,2-3,8,13H2,1H3,(H,14,15,16). The number of nitrogens with zero attached hydrogens (tertiary/aromatic N) is 2. The van der Waals surface area contributed by atoms with Gasteiger partial charge in [-0.25, -0.2) is 4.98 Å². The van der Waals surface area contributed by atoms with Crippen LogP contribution in [0.4, 0.5) is 0 Å². The summed E-state index contributed by atoms with van der Waals surface area (Å²) in [4.78, 5) is 4.41. The average molecular weight is 232 g/mol. The molecule has 0 atom stereocenters. The van der Waals surface area contributed by atoms with E-state index in [1.165, 1.54) is 0 Å². The molecule has 5 nitrogen and oxygen atoms in total. The number of aromatic nitrogens is 3. The second-order valence-corrected chi connectivity index (χ2v) is 3.73. The monoisotopic (exact) mass is 232 g/mol. The molecule has 0 saturated heterocycles. The molecule has 17 heavy (non-hydrogen) atoms. The number of hydrogen-bond donors (Lipinski definition) is 2.